The molecule has 0 atom stereocenters. The Bertz CT molecular complexity index is 801. The second-order valence-corrected chi connectivity index (χ2v) is 5.21. The topological polar surface area (TPSA) is 91.0 Å². The summed E-state index contributed by atoms with van der Waals surface area (Å²) in [6, 6.07) is 8.58. The van der Waals surface area contributed by atoms with Gasteiger partial charge in [0, 0.05) is 25.7 Å². The quantitative estimate of drug-likeness (QED) is 0.887. The van der Waals surface area contributed by atoms with E-state index in [4.69, 9.17) is 5.26 Å². The average molecular weight is 309 g/mol. The molecule has 1 aliphatic rings. The van der Waals surface area contributed by atoms with Gasteiger partial charge in [0.15, 0.2) is 0 Å². The van der Waals surface area contributed by atoms with E-state index < -0.39 is 0 Å². The SMILES string of the molecule is CNC(=O)c1cnc2n1CCN(C(=O)c1ccc(C#N)cc1)C2. The summed E-state index contributed by atoms with van der Waals surface area (Å²) in [6.45, 7) is 1.39. The van der Waals surface area contributed by atoms with E-state index >= 15 is 0 Å². The van der Waals surface area contributed by atoms with Crippen LogP contribution in [-0.2, 0) is 13.1 Å². The van der Waals surface area contributed by atoms with Crippen LogP contribution in [-0.4, -0.2) is 39.9 Å². The molecule has 0 aliphatic carbocycles. The van der Waals surface area contributed by atoms with Crippen molar-refractivity contribution in [2.24, 2.45) is 0 Å². The monoisotopic (exact) mass is 309 g/mol. The Kier molecular flexibility index (Phi) is 3.81. The minimum atomic E-state index is -0.185. The minimum Gasteiger partial charge on any atom is -0.354 e. The number of nitrogens with zero attached hydrogens (tertiary/aromatic N) is 4. The molecule has 2 aromatic rings. The third-order valence-corrected chi connectivity index (χ3v) is 3.87. The lowest BCUT2D eigenvalue weighted by Gasteiger charge is -2.28. The zero-order chi connectivity index (χ0) is 16.4. The summed E-state index contributed by atoms with van der Waals surface area (Å²) in [5.74, 6) is 0.401. The number of benzene rings is 1. The van der Waals surface area contributed by atoms with Crippen molar-refractivity contribution in [1.82, 2.24) is 19.8 Å². The number of aromatic nitrogens is 2. The van der Waals surface area contributed by atoms with Gasteiger partial charge in [0.25, 0.3) is 11.8 Å². The standard InChI is InChI=1S/C16H15N5O2/c1-18-15(22)13-9-19-14-10-20(6-7-21(13)14)16(23)12-4-2-11(8-17)3-5-12/h2-5,9H,6-7,10H2,1H3,(H,18,22). The third kappa shape index (κ3) is 2.66. The van der Waals surface area contributed by atoms with Crippen molar-refractivity contribution < 1.29 is 9.59 Å². The summed E-state index contributed by atoms with van der Waals surface area (Å²) in [4.78, 5) is 30.2. The minimum absolute atomic E-state index is 0.106. The summed E-state index contributed by atoms with van der Waals surface area (Å²) >= 11 is 0. The van der Waals surface area contributed by atoms with Crippen LogP contribution in [0.1, 0.15) is 32.2 Å². The fraction of sp³-hybridized carbons (Fsp3) is 0.250. The average Bonchev–Trinajstić information content (AvgIpc) is 3.03. The van der Waals surface area contributed by atoms with Crippen LogP contribution < -0.4 is 5.32 Å². The van der Waals surface area contributed by atoms with Gasteiger partial charge in [-0.05, 0) is 24.3 Å². The van der Waals surface area contributed by atoms with Gasteiger partial charge in [-0.2, -0.15) is 5.26 Å². The van der Waals surface area contributed by atoms with Crippen LogP contribution in [0.4, 0.5) is 0 Å². The number of carbonyl (C=O) groups is 2. The number of carbonyl (C=O) groups excluding carboxylic acids is 2. The first-order chi connectivity index (χ1) is 11.1. The fourth-order valence-corrected chi connectivity index (χ4v) is 2.61. The number of nitriles is 1. The van der Waals surface area contributed by atoms with Gasteiger partial charge >= 0.3 is 0 Å². The van der Waals surface area contributed by atoms with Gasteiger partial charge in [-0.3, -0.25) is 9.59 Å². The molecule has 2 heterocycles. The molecule has 1 aromatic carbocycles. The second-order valence-electron chi connectivity index (χ2n) is 5.21. The number of amides is 2. The Balaban J connectivity index is 1.79. The Labute approximate surface area is 133 Å². The van der Waals surface area contributed by atoms with Crippen LogP contribution >= 0.6 is 0 Å². The van der Waals surface area contributed by atoms with Crippen LogP contribution in [0.25, 0.3) is 0 Å². The largest absolute Gasteiger partial charge is 0.354 e. The van der Waals surface area contributed by atoms with Crippen molar-refractivity contribution in [3.05, 3.63) is 53.1 Å². The molecule has 0 unspecified atom stereocenters. The van der Waals surface area contributed by atoms with E-state index in [0.717, 1.165) is 0 Å². The van der Waals surface area contributed by atoms with Crippen molar-refractivity contribution in [2.45, 2.75) is 13.1 Å². The van der Waals surface area contributed by atoms with Gasteiger partial charge in [0.2, 0.25) is 0 Å². The molecule has 0 bridgehead atoms. The number of rotatable bonds is 2. The highest BCUT2D eigenvalue weighted by Crippen LogP contribution is 2.17. The van der Waals surface area contributed by atoms with Gasteiger partial charge in [-0.25, -0.2) is 4.98 Å². The lowest BCUT2D eigenvalue weighted by Crippen LogP contribution is -2.39. The smallest absolute Gasteiger partial charge is 0.269 e. The van der Waals surface area contributed by atoms with Crippen molar-refractivity contribution >= 4 is 11.8 Å². The highest BCUT2D eigenvalue weighted by atomic mass is 16.2. The van der Waals surface area contributed by atoms with Gasteiger partial charge in [-0.15, -0.1) is 0 Å². The first-order valence-corrected chi connectivity index (χ1v) is 7.20. The van der Waals surface area contributed by atoms with Gasteiger partial charge in [0.05, 0.1) is 24.4 Å². The first kappa shape index (κ1) is 14.8. The lowest BCUT2D eigenvalue weighted by molar-refractivity contribution is 0.0706. The molecular formula is C16H15N5O2. The van der Waals surface area contributed by atoms with E-state index in [1.807, 2.05) is 10.6 Å². The molecule has 0 spiro atoms. The summed E-state index contributed by atoms with van der Waals surface area (Å²) < 4.78 is 1.83. The molecule has 0 radical (unpaired) electrons. The molecule has 1 aliphatic heterocycles. The Morgan fingerprint density at radius 1 is 1.26 bits per heavy atom. The molecule has 2 amide bonds. The molecule has 1 aromatic heterocycles. The van der Waals surface area contributed by atoms with E-state index in [-0.39, 0.29) is 11.8 Å². The van der Waals surface area contributed by atoms with E-state index in [0.29, 0.717) is 42.3 Å². The zero-order valence-corrected chi connectivity index (χ0v) is 12.6. The maximum absolute atomic E-state index is 12.5. The Morgan fingerprint density at radius 3 is 2.65 bits per heavy atom. The highest BCUT2D eigenvalue weighted by Gasteiger charge is 2.25. The Morgan fingerprint density at radius 2 is 2.00 bits per heavy atom. The third-order valence-electron chi connectivity index (χ3n) is 3.87. The predicted octanol–water partition coefficient (Wildman–Crippen LogP) is 0.770. The van der Waals surface area contributed by atoms with Crippen molar-refractivity contribution in [3.63, 3.8) is 0 Å². The van der Waals surface area contributed by atoms with Crippen LogP contribution in [0, 0.1) is 11.3 Å². The Hall–Kier alpha value is -3.14. The highest BCUT2D eigenvalue weighted by molar-refractivity contribution is 5.94. The molecule has 0 fully saturated rings. The van der Waals surface area contributed by atoms with E-state index in [1.165, 1.54) is 6.20 Å². The zero-order valence-electron chi connectivity index (χ0n) is 12.6. The van der Waals surface area contributed by atoms with Crippen molar-refractivity contribution in [2.75, 3.05) is 13.6 Å². The normalized spacial score (nSPS) is 13.1. The van der Waals surface area contributed by atoms with E-state index in [1.54, 1.807) is 36.2 Å². The first-order valence-electron chi connectivity index (χ1n) is 7.20. The maximum Gasteiger partial charge on any atom is 0.269 e. The molecule has 1 N–H and O–H groups in total. The number of hydrogen-bond acceptors (Lipinski definition) is 4. The predicted molar refractivity (Wildman–Crippen MR) is 81.5 cm³/mol. The second kappa shape index (κ2) is 5.93. The summed E-state index contributed by atoms with van der Waals surface area (Å²) in [5, 5.41) is 11.4. The van der Waals surface area contributed by atoms with Gasteiger partial charge in [0.1, 0.15) is 11.5 Å². The van der Waals surface area contributed by atoms with Crippen LogP contribution in [0.15, 0.2) is 30.5 Å². The molecule has 116 valence electrons. The van der Waals surface area contributed by atoms with Gasteiger partial charge in [-0.1, -0.05) is 0 Å². The molecule has 0 saturated heterocycles. The summed E-state index contributed by atoms with van der Waals surface area (Å²) in [6.07, 6.45) is 1.53. The van der Waals surface area contributed by atoms with Crippen molar-refractivity contribution in [3.8, 4) is 6.07 Å². The van der Waals surface area contributed by atoms with E-state index in [2.05, 4.69) is 10.3 Å². The van der Waals surface area contributed by atoms with Crippen LogP contribution in [0.2, 0.25) is 0 Å². The molecule has 7 heteroatoms. The fourth-order valence-electron chi connectivity index (χ4n) is 2.61. The summed E-state index contributed by atoms with van der Waals surface area (Å²) in [7, 11) is 1.58. The van der Waals surface area contributed by atoms with E-state index in [9.17, 15) is 9.59 Å². The number of fused-ring (bicyclic) bond motifs is 1. The molecular weight excluding hydrogens is 294 g/mol. The molecule has 0 saturated carbocycles. The molecule has 7 nitrogen and oxygen atoms in total. The lowest BCUT2D eigenvalue weighted by atomic mass is 10.1. The molecule has 3 rings (SSSR count). The maximum atomic E-state index is 12.5. The van der Waals surface area contributed by atoms with Crippen LogP contribution in [0.3, 0.4) is 0 Å². The number of hydrogen-bond donors (Lipinski definition) is 1. The van der Waals surface area contributed by atoms with Gasteiger partial charge < -0.3 is 14.8 Å². The number of nitrogens with one attached hydrogen (secondary N) is 1. The van der Waals surface area contributed by atoms with Crippen molar-refractivity contribution in [1.29, 1.82) is 5.26 Å². The molecule has 23 heavy (non-hydrogen) atoms. The van der Waals surface area contributed by atoms with Crippen LogP contribution in [0.5, 0.6) is 0 Å². The number of imidazole rings is 1. The summed E-state index contributed by atoms with van der Waals surface area (Å²) in [5.41, 5.74) is 1.56.